The Morgan fingerprint density at radius 1 is 1.23 bits per heavy atom. The van der Waals surface area contributed by atoms with Crippen molar-refractivity contribution in [3.05, 3.63) is 11.6 Å². The summed E-state index contributed by atoms with van der Waals surface area (Å²) < 4.78 is 0. The average Bonchev–Trinajstić information content (AvgIpc) is 2.18. The van der Waals surface area contributed by atoms with Gasteiger partial charge in [-0.2, -0.15) is 0 Å². The van der Waals surface area contributed by atoms with Crippen molar-refractivity contribution in [2.45, 2.75) is 50.5 Å². The van der Waals surface area contributed by atoms with Gasteiger partial charge in [0.1, 0.15) is 5.60 Å². The maximum absolute atomic E-state index is 5.51. The predicted molar refractivity (Wildman–Crippen MR) is 51.2 cm³/mol. The fourth-order valence-corrected chi connectivity index (χ4v) is 2.65. The van der Waals surface area contributed by atoms with Crippen LogP contribution < -0.4 is 0 Å². The molecule has 0 saturated heterocycles. The van der Waals surface area contributed by atoms with Crippen molar-refractivity contribution in [2.24, 2.45) is 0 Å². The summed E-state index contributed by atoms with van der Waals surface area (Å²) in [6.07, 6.45) is 10.9. The molecule has 2 heteroatoms. The topological polar surface area (TPSA) is 18.5 Å². The standard InChI is InChI=1S/C11H18O2/c1-12-13-11-8-4-2-6-10(11)7-3-5-9-11/h6H,2-5,7-9H2,1H3. The molecule has 0 bridgehead atoms. The first kappa shape index (κ1) is 9.22. The molecule has 0 aromatic rings. The minimum Gasteiger partial charge on any atom is -0.239 e. The van der Waals surface area contributed by atoms with E-state index >= 15 is 0 Å². The van der Waals surface area contributed by atoms with Crippen LogP contribution in [0.1, 0.15) is 44.9 Å². The molecule has 2 aliphatic carbocycles. The summed E-state index contributed by atoms with van der Waals surface area (Å²) in [7, 11) is 1.62. The summed E-state index contributed by atoms with van der Waals surface area (Å²) in [6, 6.07) is 0. The molecule has 13 heavy (non-hydrogen) atoms. The summed E-state index contributed by atoms with van der Waals surface area (Å²) in [5, 5.41) is 0. The van der Waals surface area contributed by atoms with E-state index in [1.54, 1.807) is 7.11 Å². The minimum absolute atomic E-state index is 0.0365. The molecule has 1 atom stereocenters. The molecule has 0 aromatic carbocycles. The van der Waals surface area contributed by atoms with E-state index in [0.29, 0.717) is 0 Å². The lowest BCUT2D eigenvalue weighted by Crippen LogP contribution is -2.38. The molecule has 0 aromatic heterocycles. The van der Waals surface area contributed by atoms with Gasteiger partial charge in [-0.25, -0.2) is 9.78 Å². The van der Waals surface area contributed by atoms with Gasteiger partial charge in [-0.1, -0.05) is 6.08 Å². The monoisotopic (exact) mass is 182 g/mol. The van der Waals surface area contributed by atoms with Crippen molar-refractivity contribution in [2.75, 3.05) is 7.11 Å². The van der Waals surface area contributed by atoms with Crippen LogP contribution in [-0.2, 0) is 9.78 Å². The Hall–Kier alpha value is -0.340. The normalized spacial score (nSPS) is 33.8. The molecule has 0 spiro atoms. The maximum atomic E-state index is 5.51. The van der Waals surface area contributed by atoms with Gasteiger partial charge in [0.15, 0.2) is 0 Å². The van der Waals surface area contributed by atoms with E-state index in [9.17, 15) is 0 Å². The van der Waals surface area contributed by atoms with Gasteiger partial charge in [0.05, 0.1) is 7.11 Å². The van der Waals surface area contributed by atoms with Crippen LogP contribution in [0.5, 0.6) is 0 Å². The van der Waals surface area contributed by atoms with Gasteiger partial charge in [0.25, 0.3) is 0 Å². The summed E-state index contributed by atoms with van der Waals surface area (Å²) in [5.74, 6) is 0. The molecular weight excluding hydrogens is 164 g/mol. The third kappa shape index (κ3) is 1.65. The molecule has 0 heterocycles. The van der Waals surface area contributed by atoms with Crippen LogP contribution in [0.15, 0.2) is 11.6 Å². The molecule has 1 unspecified atom stereocenters. The van der Waals surface area contributed by atoms with Crippen LogP contribution in [0.3, 0.4) is 0 Å². The van der Waals surface area contributed by atoms with E-state index in [1.807, 2.05) is 0 Å². The van der Waals surface area contributed by atoms with E-state index in [2.05, 4.69) is 6.08 Å². The molecule has 0 radical (unpaired) electrons. The molecule has 1 fully saturated rings. The second-order valence-corrected chi connectivity index (χ2v) is 4.07. The van der Waals surface area contributed by atoms with E-state index in [0.717, 1.165) is 12.8 Å². The van der Waals surface area contributed by atoms with E-state index in [1.165, 1.54) is 37.7 Å². The highest BCUT2D eigenvalue weighted by Gasteiger charge is 2.39. The van der Waals surface area contributed by atoms with Crippen LogP contribution in [0.25, 0.3) is 0 Å². The number of hydrogen-bond acceptors (Lipinski definition) is 2. The fraction of sp³-hybridized carbons (Fsp3) is 0.818. The first-order chi connectivity index (χ1) is 6.37. The largest absolute Gasteiger partial charge is 0.239 e. The third-order valence-electron chi connectivity index (χ3n) is 3.28. The van der Waals surface area contributed by atoms with Gasteiger partial charge in [-0.15, -0.1) is 0 Å². The molecule has 2 rings (SSSR count). The Balaban J connectivity index is 2.18. The Morgan fingerprint density at radius 2 is 2.08 bits per heavy atom. The van der Waals surface area contributed by atoms with Crippen molar-refractivity contribution in [1.29, 1.82) is 0 Å². The maximum Gasteiger partial charge on any atom is 0.124 e. The van der Waals surface area contributed by atoms with Gasteiger partial charge < -0.3 is 0 Å². The van der Waals surface area contributed by atoms with E-state index in [4.69, 9.17) is 9.78 Å². The minimum atomic E-state index is -0.0365. The SMILES string of the molecule is COOC12CCCC=C1CCCC2. The van der Waals surface area contributed by atoms with Crippen molar-refractivity contribution in [3.8, 4) is 0 Å². The summed E-state index contributed by atoms with van der Waals surface area (Å²) in [6.45, 7) is 0. The molecule has 0 N–H and O–H groups in total. The van der Waals surface area contributed by atoms with E-state index < -0.39 is 0 Å². The summed E-state index contributed by atoms with van der Waals surface area (Å²) in [4.78, 5) is 10.4. The number of hydrogen-bond donors (Lipinski definition) is 0. The Labute approximate surface area is 79.8 Å². The Bertz CT molecular complexity index is 206. The second kappa shape index (κ2) is 3.81. The molecule has 1 saturated carbocycles. The zero-order chi connectivity index (χ0) is 9.15. The number of allylic oxidation sites excluding steroid dienone is 1. The Morgan fingerprint density at radius 3 is 2.92 bits per heavy atom. The lowest BCUT2D eigenvalue weighted by Gasteiger charge is -2.40. The summed E-state index contributed by atoms with van der Waals surface area (Å²) in [5.41, 5.74) is 1.46. The average molecular weight is 182 g/mol. The first-order valence-corrected chi connectivity index (χ1v) is 5.29. The molecule has 74 valence electrons. The van der Waals surface area contributed by atoms with Crippen LogP contribution >= 0.6 is 0 Å². The fourth-order valence-electron chi connectivity index (χ4n) is 2.65. The highest BCUT2D eigenvalue weighted by molar-refractivity contribution is 5.21. The zero-order valence-corrected chi connectivity index (χ0v) is 8.34. The highest BCUT2D eigenvalue weighted by Crippen LogP contribution is 2.43. The van der Waals surface area contributed by atoms with Crippen molar-refractivity contribution < 1.29 is 9.78 Å². The molecule has 2 nitrogen and oxygen atoms in total. The quantitative estimate of drug-likeness (QED) is 0.371. The molecule has 0 amide bonds. The zero-order valence-electron chi connectivity index (χ0n) is 8.34. The molecule has 0 aliphatic heterocycles. The summed E-state index contributed by atoms with van der Waals surface area (Å²) >= 11 is 0. The van der Waals surface area contributed by atoms with Crippen LogP contribution in [0.2, 0.25) is 0 Å². The first-order valence-electron chi connectivity index (χ1n) is 5.29. The lowest BCUT2D eigenvalue weighted by molar-refractivity contribution is -0.340. The smallest absolute Gasteiger partial charge is 0.124 e. The predicted octanol–water partition coefficient (Wildman–Crippen LogP) is 2.99. The lowest BCUT2D eigenvalue weighted by atomic mass is 9.74. The van der Waals surface area contributed by atoms with Crippen molar-refractivity contribution in [3.63, 3.8) is 0 Å². The molecular formula is C11H18O2. The van der Waals surface area contributed by atoms with Gasteiger partial charge in [0, 0.05) is 0 Å². The van der Waals surface area contributed by atoms with Crippen LogP contribution in [0.4, 0.5) is 0 Å². The van der Waals surface area contributed by atoms with Gasteiger partial charge in [-0.05, 0) is 50.5 Å². The van der Waals surface area contributed by atoms with E-state index in [-0.39, 0.29) is 5.60 Å². The van der Waals surface area contributed by atoms with Crippen LogP contribution in [-0.4, -0.2) is 12.7 Å². The van der Waals surface area contributed by atoms with Gasteiger partial charge in [0.2, 0.25) is 0 Å². The Kier molecular flexibility index (Phi) is 2.70. The van der Waals surface area contributed by atoms with Gasteiger partial charge in [-0.3, -0.25) is 0 Å². The third-order valence-corrected chi connectivity index (χ3v) is 3.28. The van der Waals surface area contributed by atoms with Crippen molar-refractivity contribution >= 4 is 0 Å². The highest BCUT2D eigenvalue weighted by atomic mass is 17.2. The van der Waals surface area contributed by atoms with Crippen molar-refractivity contribution in [1.82, 2.24) is 0 Å². The number of rotatable bonds is 2. The molecule has 2 aliphatic rings. The van der Waals surface area contributed by atoms with Crippen LogP contribution in [0, 0.1) is 0 Å². The van der Waals surface area contributed by atoms with Gasteiger partial charge >= 0.3 is 0 Å². The number of fused-ring (bicyclic) bond motifs is 1. The second-order valence-electron chi connectivity index (χ2n) is 4.07.